The average Bonchev–Trinajstić information content (AvgIpc) is 2.91. The van der Waals surface area contributed by atoms with E-state index in [1.165, 1.54) is 17.5 Å². The predicted molar refractivity (Wildman–Crippen MR) is 151 cm³/mol. The lowest BCUT2D eigenvalue weighted by Crippen LogP contribution is -2.44. The molecule has 1 aromatic heterocycles. The molecule has 1 aliphatic carbocycles. The third-order valence-electron chi connectivity index (χ3n) is 7.59. The fourth-order valence-corrected chi connectivity index (χ4v) is 6.86. The molecule has 4 aromatic rings. The molecule has 0 radical (unpaired) electrons. The molecule has 194 valence electrons. The lowest BCUT2D eigenvalue weighted by atomic mass is 9.59. The molecule has 0 bridgehead atoms. The molecule has 1 N–H and O–H groups in total. The van der Waals surface area contributed by atoms with Crippen LogP contribution in [0.3, 0.4) is 0 Å². The fourth-order valence-electron chi connectivity index (χ4n) is 5.54. The second kappa shape index (κ2) is 10.1. The molecule has 0 spiro atoms. The van der Waals surface area contributed by atoms with Gasteiger partial charge in [-0.25, -0.2) is 13.1 Å². The van der Waals surface area contributed by atoms with Crippen LogP contribution in [-0.4, -0.2) is 38.8 Å². The first-order valence-electron chi connectivity index (χ1n) is 12.9. The summed E-state index contributed by atoms with van der Waals surface area (Å²) in [5.74, 6) is 0.704. The lowest BCUT2D eigenvalue weighted by molar-refractivity contribution is 0.322. The van der Waals surface area contributed by atoms with Crippen molar-refractivity contribution in [3.63, 3.8) is 0 Å². The molecule has 6 nitrogen and oxygen atoms in total. The molecular weight excluding hydrogens is 518 g/mol. The largest absolute Gasteiger partial charge is 0.492 e. The normalized spacial score (nSPS) is 16.4. The van der Waals surface area contributed by atoms with Gasteiger partial charge >= 0.3 is 0 Å². The van der Waals surface area contributed by atoms with Crippen LogP contribution in [0.1, 0.15) is 36.0 Å². The van der Waals surface area contributed by atoms with Gasteiger partial charge in [0.1, 0.15) is 17.3 Å². The molecule has 38 heavy (non-hydrogen) atoms. The summed E-state index contributed by atoms with van der Waals surface area (Å²) in [6, 6.07) is 23.1. The average molecular weight is 546 g/mol. The molecule has 0 unspecified atom stereocenters. The van der Waals surface area contributed by atoms with Gasteiger partial charge in [-0.05, 0) is 66.8 Å². The van der Waals surface area contributed by atoms with Crippen molar-refractivity contribution in [3.8, 4) is 5.75 Å². The molecule has 0 saturated heterocycles. The van der Waals surface area contributed by atoms with Crippen LogP contribution < -0.4 is 9.46 Å². The third-order valence-corrected chi connectivity index (χ3v) is 9.34. The van der Waals surface area contributed by atoms with Crippen molar-refractivity contribution in [1.82, 2.24) is 9.71 Å². The number of nitrogens with one attached hydrogen (secondary N) is 1. The maximum atomic E-state index is 13.0. The molecule has 8 heteroatoms. The Labute approximate surface area is 227 Å². The number of sulfonamides is 1. The highest BCUT2D eigenvalue weighted by Crippen LogP contribution is 2.48. The Kier molecular flexibility index (Phi) is 6.68. The van der Waals surface area contributed by atoms with Crippen LogP contribution >= 0.6 is 11.6 Å². The van der Waals surface area contributed by atoms with E-state index in [2.05, 4.69) is 34.0 Å². The van der Waals surface area contributed by atoms with E-state index in [0.29, 0.717) is 11.3 Å². The van der Waals surface area contributed by atoms with Crippen molar-refractivity contribution < 1.29 is 13.2 Å². The maximum Gasteiger partial charge on any atom is 0.242 e. The molecule has 1 fully saturated rings. The summed E-state index contributed by atoms with van der Waals surface area (Å²) in [6.07, 6.45) is 5.78. The zero-order valence-corrected chi connectivity index (χ0v) is 22.4. The number of aliphatic imine (C=N–C) groups is 1. The number of ether oxygens (including phenoxy) is 1. The van der Waals surface area contributed by atoms with Crippen molar-refractivity contribution in [1.29, 1.82) is 0 Å². The number of pyridine rings is 1. The molecule has 1 saturated carbocycles. The molecule has 0 amide bonds. The van der Waals surface area contributed by atoms with Crippen LogP contribution in [0.4, 0.5) is 0 Å². The highest BCUT2D eigenvalue weighted by molar-refractivity contribution is 7.89. The van der Waals surface area contributed by atoms with Crippen LogP contribution in [0.2, 0.25) is 5.02 Å². The first kappa shape index (κ1) is 25.0. The van der Waals surface area contributed by atoms with Gasteiger partial charge < -0.3 is 4.74 Å². The van der Waals surface area contributed by atoms with Gasteiger partial charge in [-0.2, -0.15) is 0 Å². The van der Waals surface area contributed by atoms with E-state index in [-0.39, 0.29) is 23.5 Å². The summed E-state index contributed by atoms with van der Waals surface area (Å²) in [7, 11) is -3.73. The van der Waals surface area contributed by atoms with Crippen LogP contribution in [0, 0.1) is 0 Å². The Morgan fingerprint density at radius 2 is 1.82 bits per heavy atom. The number of fused-ring (bicyclic) bond motifs is 2. The summed E-state index contributed by atoms with van der Waals surface area (Å²) >= 11 is 6.17. The number of nitrogens with zero attached hydrogens (tertiary/aromatic N) is 2. The SMILES string of the molecule is O=S(=O)(NCCOc1ccc2c(c1)C(C1(c3ccc(Cl)cc3)CCC1)=NCC2)c1cccc2cccnc12. The topological polar surface area (TPSA) is 80.7 Å². The van der Waals surface area contributed by atoms with E-state index < -0.39 is 10.0 Å². The fraction of sp³-hybridized carbons (Fsp3) is 0.267. The van der Waals surface area contributed by atoms with Crippen molar-refractivity contribution in [2.75, 3.05) is 19.7 Å². The first-order valence-corrected chi connectivity index (χ1v) is 14.7. The lowest BCUT2D eigenvalue weighted by Gasteiger charge is -2.45. The third kappa shape index (κ3) is 4.59. The summed E-state index contributed by atoms with van der Waals surface area (Å²) < 4.78 is 34.6. The highest BCUT2D eigenvalue weighted by atomic mass is 35.5. The highest BCUT2D eigenvalue weighted by Gasteiger charge is 2.45. The summed E-state index contributed by atoms with van der Waals surface area (Å²) in [5, 5.41) is 1.51. The molecular formula is C30H28ClN3O3S. The van der Waals surface area contributed by atoms with Gasteiger partial charge in [-0.1, -0.05) is 54.4 Å². The van der Waals surface area contributed by atoms with Gasteiger partial charge in [0.2, 0.25) is 10.0 Å². The minimum atomic E-state index is -3.73. The number of para-hydroxylation sites is 1. The van der Waals surface area contributed by atoms with E-state index in [1.807, 2.05) is 30.3 Å². The standard InChI is InChI=1S/C30H28ClN3O3S/c31-24-10-8-23(9-11-24)30(14-3-15-30)29-26-20-25(12-7-21(26)13-17-33-29)37-19-18-34-38(35,36)27-6-1-4-22-5-2-16-32-28(22)27/h1-2,4-12,16,20,34H,3,13-15,17-19H2. The van der Waals surface area contributed by atoms with E-state index in [4.69, 9.17) is 21.3 Å². The zero-order chi connectivity index (χ0) is 26.2. The predicted octanol–water partition coefficient (Wildman–Crippen LogP) is 5.71. The molecule has 2 heterocycles. The molecule has 3 aromatic carbocycles. The Hall–Kier alpha value is -3.26. The quantitative estimate of drug-likeness (QED) is 0.287. The number of hydrogen-bond acceptors (Lipinski definition) is 5. The molecule has 0 atom stereocenters. The van der Waals surface area contributed by atoms with Crippen LogP contribution in [-0.2, 0) is 21.9 Å². The number of rotatable bonds is 8. The minimum Gasteiger partial charge on any atom is -0.492 e. The van der Waals surface area contributed by atoms with Crippen LogP contribution in [0.15, 0.2) is 88.9 Å². The van der Waals surface area contributed by atoms with Crippen LogP contribution in [0.5, 0.6) is 5.75 Å². The molecule has 1 aliphatic heterocycles. The minimum absolute atomic E-state index is 0.0967. The number of hydrogen-bond donors (Lipinski definition) is 1. The van der Waals surface area contributed by atoms with E-state index in [0.717, 1.165) is 47.5 Å². The van der Waals surface area contributed by atoms with Gasteiger partial charge in [0, 0.05) is 40.7 Å². The summed E-state index contributed by atoms with van der Waals surface area (Å²) in [5.41, 5.74) is 5.14. The van der Waals surface area contributed by atoms with Crippen molar-refractivity contribution in [2.45, 2.75) is 36.0 Å². The summed E-state index contributed by atoms with van der Waals surface area (Å²) in [4.78, 5) is 9.45. The number of halogens is 1. The Morgan fingerprint density at radius 3 is 2.61 bits per heavy atom. The second-order valence-corrected chi connectivity index (χ2v) is 12.0. The van der Waals surface area contributed by atoms with Gasteiger partial charge in [-0.3, -0.25) is 9.98 Å². The zero-order valence-electron chi connectivity index (χ0n) is 20.9. The van der Waals surface area contributed by atoms with Crippen LogP contribution in [0.25, 0.3) is 10.9 Å². The van der Waals surface area contributed by atoms with Gasteiger partial charge in [0.15, 0.2) is 0 Å². The second-order valence-electron chi connectivity index (χ2n) is 9.82. The van der Waals surface area contributed by atoms with E-state index in [9.17, 15) is 8.42 Å². The molecule has 2 aliphatic rings. The van der Waals surface area contributed by atoms with Gasteiger partial charge in [0.25, 0.3) is 0 Å². The monoisotopic (exact) mass is 545 g/mol. The number of benzene rings is 3. The van der Waals surface area contributed by atoms with E-state index >= 15 is 0 Å². The maximum absolute atomic E-state index is 13.0. The van der Waals surface area contributed by atoms with Crippen molar-refractivity contribution in [3.05, 3.63) is 101 Å². The Bertz CT molecular complexity index is 1630. The number of aromatic nitrogens is 1. The van der Waals surface area contributed by atoms with Crippen molar-refractivity contribution >= 4 is 38.2 Å². The smallest absolute Gasteiger partial charge is 0.242 e. The summed E-state index contributed by atoms with van der Waals surface area (Å²) in [6.45, 7) is 1.12. The van der Waals surface area contributed by atoms with E-state index in [1.54, 1.807) is 24.4 Å². The Morgan fingerprint density at radius 1 is 1.00 bits per heavy atom. The van der Waals surface area contributed by atoms with Gasteiger partial charge in [-0.15, -0.1) is 0 Å². The molecule has 6 rings (SSSR count). The van der Waals surface area contributed by atoms with Crippen molar-refractivity contribution in [2.24, 2.45) is 4.99 Å². The Balaban J connectivity index is 1.17. The first-order chi connectivity index (χ1) is 18.5. The van der Waals surface area contributed by atoms with Gasteiger partial charge in [0.05, 0.1) is 11.2 Å².